The van der Waals surface area contributed by atoms with Gasteiger partial charge >= 0.3 is 5.97 Å². The number of ether oxygens (including phenoxy) is 1. The van der Waals surface area contributed by atoms with E-state index < -0.39 is 5.97 Å². The predicted molar refractivity (Wildman–Crippen MR) is 78.8 cm³/mol. The van der Waals surface area contributed by atoms with Crippen LogP contribution in [0.3, 0.4) is 0 Å². The maximum absolute atomic E-state index is 11.0. The summed E-state index contributed by atoms with van der Waals surface area (Å²) < 4.78 is 5.49. The van der Waals surface area contributed by atoms with Gasteiger partial charge in [-0.25, -0.2) is 0 Å². The van der Waals surface area contributed by atoms with E-state index in [1.165, 1.54) is 32.1 Å². The Morgan fingerprint density at radius 3 is 2.90 bits per heavy atom. The molecule has 0 spiro atoms. The van der Waals surface area contributed by atoms with Gasteiger partial charge in [-0.1, -0.05) is 26.7 Å². The monoisotopic (exact) mass is 283 g/mol. The van der Waals surface area contributed by atoms with E-state index in [1.807, 2.05) is 0 Å². The second-order valence-electron chi connectivity index (χ2n) is 6.88. The van der Waals surface area contributed by atoms with Gasteiger partial charge in [0, 0.05) is 18.6 Å². The third kappa shape index (κ3) is 4.45. The van der Waals surface area contributed by atoms with Crippen molar-refractivity contribution >= 4 is 5.97 Å². The molecule has 0 amide bonds. The van der Waals surface area contributed by atoms with Gasteiger partial charge in [-0.15, -0.1) is 0 Å². The summed E-state index contributed by atoms with van der Waals surface area (Å²) in [5.74, 6) is 0.875. The number of carboxylic acids is 1. The van der Waals surface area contributed by atoms with E-state index in [2.05, 4.69) is 18.7 Å². The Hall–Kier alpha value is -0.610. The van der Waals surface area contributed by atoms with Gasteiger partial charge in [-0.05, 0) is 31.1 Å². The molecule has 1 saturated carbocycles. The van der Waals surface area contributed by atoms with E-state index in [0.717, 1.165) is 25.0 Å². The number of nitrogens with zero attached hydrogens (tertiary/aromatic N) is 1. The highest BCUT2D eigenvalue weighted by molar-refractivity contribution is 5.67. The molecule has 0 bridgehead atoms. The molecule has 3 atom stereocenters. The lowest BCUT2D eigenvalue weighted by atomic mass is 9.80. The van der Waals surface area contributed by atoms with E-state index >= 15 is 0 Å². The van der Waals surface area contributed by atoms with Crippen molar-refractivity contribution in [3.8, 4) is 0 Å². The standard InChI is InChI=1S/C16H29NO3/c1-12(2)8-13-4-3-5-14(9-13)17-6-7-20-11-15(17)10-16(18)19/h12-15H,3-11H2,1-2H3,(H,18,19). The summed E-state index contributed by atoms with van der Waals surface area (Å²) >= 11 is 0. The quantitative estimate of drug-likeness (QED) is 0.843. The lowest BCUT2D eigenvalue weighted by molar-refractivity contribution is -0.141. The van der Waals surface area contributed by atoms with Crippen molar-refractivity contribution in [2.45, 2.75) is 64.5 Å². The van der Waals surface area contributed by atoms with Crippen LogP contribution in [0.25, 0.3) is 0 Å². The van der Waals surface area contributed by atoms with Crippen LogP contribution < -0.4 is 0 Å². The summed E-state index contributed by atoms with van der Waals surface area (Å²) in [5.41, 5.74) is 0. The normalized spacial score (nSPS) is 32.5. The highest BCUT2D eigenvalue weighted by Gasteiger charge is 2.34. The lowest BCUT2D eigenvalue weighted by Gasteiger charge is -2.44. The smallest absolute Gasteiger partial charge is 0.305 e. The minimum absolute atomic E-state index is 0.0732. The fourth-order valence-electron chi connectivity index (χ4n) is 3.97. The molecule has 1 saturated heterocycles. The van der Waals surface area contributed by atoms with Crippen molar-refractivity contribution in [3.63, 3.8) is 0 Å². The number of carboxylic acid groups (broad SMARTS) is 1. The Bertz CT molecular complexity index is 319. The van der Waals surface area contributed by atoms with Crippen LogP contribution in [0.2, 0.25) is 0 Å². The van der Waals surface area contributed by atoms with Crippen LogP contribution in [0, 0.1) is 11.8 Å². The van der Waals surface area contributed by atoms with Crippen molar-refractivity contribution in [3.05, 3.63) is 0 Å². The van der Waals surface area contributed by atoms with E-state index in [4.69, 9.17) is 9.84 Å². The number of carbonyl (C=O) groups is 1. The molecule has 0 aromatic heterocycles. The second kappa shape index (κ2) is 7.41. The number of hydrogen-bond donors (Lipinski definition) is 1. The highest BCUT2D eigenvalue weighted by atomic mass is 16.5. The summed E-state index contributed by atoms with van der Waals surface area (Å²) in [4.78, 5) is 13.5. The van der Waals surface area contributed by atoms with Crippen molar-refractivity contribution in [1.29, 1.82) is 0 Å². The second-order valence-corrected chi connectivity index (χ2v) is 6.88. The van der Waals surface area contributed by atoms with Crippen LogP contribution >= 0.6 is 0 Å². The van der Waals surface area contributed by atoms with Crippen molar-refractivity contribution in [2.75, 3.05) is 19.8 Å². The SMILES string of the molecule is CC(C)CC1CCCC(N2CCOCC2CC(=O)O)C1. The Morgan fingerprint density at radius 1 is 1.40 bits per heavy atom. The minimum Gasteiger partial charge on any atom is -0.481 e. The zero-order valence-electron chi connectivity index (χ0n) is 12.9. The van der Waals surface area contributed by atoms with Gasteiger partial charge in [0.15, 0.2) is 0 Å². The summed E-state index contributed by atoms with van der Waals surface area (Å²) in [6.45, 7) is 6.83. The molecular weight excluding hydrogens is 254 g/mol. The molecule has 0 aromatic rings. The molecule has 1 aliphatic heterocycles. The first-order valence-electron chi connectivity index (χ1n) is 8.11. The number of rotatable bonds is 5. The average molecular weight is 283 g/mol. The molecule has 2 aliphatic rings. The fraction of sp³-hybridized carbons (Fsp3) is 0.938. The molecule has 2 rings (SSSR count). The van der Waals surface area contributed by atoms with Crippen molar-refractivity contribution in [2.24, 2.45) is 11.8 Å². The van der Waals surface area contributed by atoms with Gasteiger partial charge in [0.05, 0.1) is 19.6 Å². The molecule has 0 aromatic carbocycles. The molecule has 20 heavy (non-hydrogen) atoms. The van der Waals surface area contributed by atoms with Crippen LogP contribution in [-0.4, -0.2) is 47.8 Å². The topological polar surface area (TPSA) is 49.8 Å². The Kier molecular flexibility index (Phi) is 5.85. The average Bonchev–Trinajstić information content (AvgIpc) is 2.38. The number of aliphatic carboxylic acids is 1. The van der Waals surface area contributed by atoms with Crippen LogP contribution in [0.1, 0.15) is 52.4 Å². The maximum atomic E-state index is 11.0. The van der Waals surface area contributed by atoms with Crippen LogP contribution in [0.15, 0.2) is 0 Å². The lowest BCUT2D eigenvalue weighted by Crippen LogP contribution is -2.52. The third-order valence-corrected chi connectivity index (χ3v) is 4.71. The van der Waals surface area contributed by atoms with Gasteiger partial charge < -0.3 is 9.84 Å². The summed E-state index contributed by atoms with van der Waals surface area (Å²) in [6.07, 6.45) is 6.64. The van der Waals surface area contributed by atoms with Crippen LogP contribution in [0.5, 0.6) is 0 Å². The van der Waals surface area contributed by atoms with Crippen molar-refractivity contribution in [1.82, 2.24) is 4.90 Å². The van der Waals surface area contributed by atoms with E-state index in [9.17, 15) is 4.79 Å². The molecule has 1 aliphatic carbocycles. The molecule has 116 valence electrons. The molecule has 4 nitrogen and oxygen atoms in total. The Balaban J connectivity index is 1.94. The number of hydrogen-bond acceptors (Lipinski definition) is 3. The first kappa shape index (κ1) is 15.8. The summed E-state index contributed by atoms with van der Waals surface area (Å²) in [6, 6.07) is 0.643. The minimum atomic E-state index is -0.708. The first-order chi connectivity index (χ1) is 9.56. The zero-order valence-corrected chi connectivity index (χ0v) is 12.9. The largest absolute Gasteiger partial charge is 0.481 e. The molecule has 0 radical (unpaired) electrons. The van der Waals surface area contributed by atoms with Gasteiger partial charge in [-0.2, -0.15) is 0 Å². The zero-order chi connectivity index (χ0) is 14.5. The highest BCUT2D eigenvalue weighted by Crippen LogP contribution is 2.33. The van der Waals surface area contributed by atoms with E-state index in [1.54, 1.807) is 0 Å². The number of morpholine rings is 1. The molecule has 1 N–H and O–H groups in total. The van der Waals surface area contributed by atoms with Crippen LogP contribution in [0.4, 0.5) is 0 Å². The summed E-state index contributed by atoms with van der Waals surface area (Å²) in [5, 5.41) is 9.07. The molecule has 3 unspecified atom stereocenters. The van der Waals surface area contributed by atoms with Gasteiger partial charge in [0.2, 0.25) is 0 Å². The predicted octanol–water partition coefficient (Wildman–Crippen LogP) is 2.77. The van der Waals surface area contributed by atoms with E-state index in [-0.39, 0.29) is 12.5 Å². The van der Waals surface area contributed by atoms with Gasteiger partial charge in [-0.3, -0.25) is 9.69 Å². The first-order valence-corrected chi connectivity index (χ1v) is 8.11. The van der Waals surface area contributed by atoms with Crippen LogP contribution in [-0.2, 0) is 9.53 Å². The van der Waals surface area contributed by atoms with E-state index in [0.29, 0.717) is 12.6 Å². The molecular formula is C16H29NO3. The maximum Gasteiger partial charge on any atom is 0.305 e. The molecule has 2 fully saturated rings. The summed E-state index contributed by atoms with van der Waals surface area (Å²) in [7, 11) is 0. The molecule has 4 heteroatoms. The Morgan fingerprint density at radius 2 is 2.20 bits per heavy atom. The fourth-order valence-corrected chi connectivity index (χ4v) is 3.97. The van der Waals surface area contributed by atoms with Crippen molar-refractivity contribution < 1.29 is 14.6 Å². The Labute approximate surface area is 122 Å². The van der Waals surface area contributed by atoms with Gasteiger partial charge in [0.25, 0.3) is 0 Å². The molecule has 1 heterocycles. The van der Waals surface area contributed by atoms with Gasteiger partial charge in [0.1, 0.15) is 0 Å². The third-order valence-electron chi connectivity index (χ3n) is 4.71.